The quantitative estimate of drug-likeness (QED) is 0.851. The van der Waals surface area contributed by atoms with Gasteiger partial charge >= 0.3 is 0 Å². The number of ether oxygens (including phenoxy) is 1. The van der Waals surface area contributed by atoms with Crippen LogP contribution in [-0.2, 0) is 9.59 Å². The summed E-state index contributed by atoms with van der Waals surface area (Å²) >= 11 is 0. The van der Waals surface area contributed by atoms with Gasteiger partial charge in [0.1, 0.15) is 12.2 Å². The van der Waals surface area contributed by atoms with E-state index in [1.807, 2.05) is 4.90 Å². The molecule has 1 unspecified atom stereocenters. The Morgan fingerprint density at radius 2 is 2.00 bits per heavy atom. The van der Waals surface area contributed by atoms with Crippen LogP contribution in [0.1, 0.15) is 39.0 Å². The van der Waals surface area contributed by atoms with Crippen LogP contribution in [0.5, 0.6) is 5.75 Å². The summed E-state index contributed by atoms with van der Waals surface area (Å²) in [7, 11) is 1.59. The molecule has 1 saturated heterocycles. The molecule has 120 valence electrons. The molecule has 5 heteroatoms. The van der Waals surface area contributed by atoms with E-state index in [4.69, 9.17) is 4.74 Å². The SMILES string of the molecule is CCC1CCCCN1C(=O)CC(=O)Nc1ccc(OC)cc1. The van der Waals surface area contributed by atoms with Crippen molar-refractivity contribution in [2.45, 2.75) is 45.1 Å². The van der Waals surface area contributed by atoms with E-state index in [9.17, 15) is 9.59 Å². The Balaban J connectivity index is 1.88. The average Bonchev–Trinajstić information content (AvgIpc) is 2.55. The first-order valence-corrected chi connectivity index (χ1v) is 7.87. The lowest BCUT2D eigenvalue weighted by Gasteiger charge is -2.35. The summed E-state index contributed by atoms with van der Waals surface area (Å²) in [6.07, 6.45) is 4.10. The fourth-order valence-electron chi connectivity index (χ4n) is 2.87. The van der Waals surface area contributed by atoms with Gasteiger partial charge in [0.2, 0.25) is 11.8 Å². The number of rotatable bonds is 5. The summed E-state index contributed by atoms with van der Waals surface area (Å²) in [6.45, 7) is 2.86. The molecule has 0 radical (unpaired) electrons. The zero-order valence-electron chi connectivity index (χ0n) is 13.3. The fourth-order valence-corrected chi connectivity index (χ4v) is 2.87. The van der Waals surface area contributed by atoms with Crippen LogP contribution in [0, 0.1) is 0 Å². The first-order valence-electron chi connectivity index (χ1n) is 7.87. The van der Waals surface area contributed by atoms with Gasteiger partial charge in [0.15, 0.2) is 0 Å². The van der Waals surface area contributed by atoms with Crippen molar-refractivity contribution in [2.24, 2.45) is 0 Å². The molecule has 2 rings (SSSR count). The molecule has 1 atom stereocenters. The van der Waals surface area contributed by atoms with Crippen LogP contribution >= 0.6 is 0 Å². The number of nitrogens with one attached hydrogen (secondary N) is 1. The van der Waals surface area contributed by atoms with E-state index in [1.54, 1.807) is 31.4 Å². The van der Waals surface area contributed by atoms with Crippen LogP contribution in [0.4, 0.5) is 5.69 Å². The Kier molecular flexibility index (Phi) is 5.81. The van der Waals surface area contributed by atoms with E-state index in [2.05, 4.69) is 12.2 Å². The smallest absolute Gasteiger partial charge is 0.233 e. The van der Waals surface area contributed by atoms with E-state index in [-0.39, 0.29) is 24.3 Å². The lowest BCUT2D eigenvalue weighted by atomic mass is 9.99. The first-order chi connectivity index (χ1) is 10.6. The molecule has 1 aromatic rings. The van der Waals surface area contributed by atoms with Crippen molar-refractivity contribution < 1.29 is 14.3 Å². The highest BCUT2D eigenvalue weighted by molar-refractivity contribution is 6.03. The van der Waals surface area contributed by atoms with Crippen LogP contribution in [-0.4, -0.2) is 36.4 Å². The molecule has 5 nitrogen and oxygen atoms in total. The van der Waals surface area contributed by atoms with Crippen LogP contribution in [0.3, 0.4) is 0 Å². The molecule has 1 fully saturated rings. The normalized spacial score (nSPS) is 17.9. The number of methoxy groups -OCH3 is 1. The molecule has 0 aliphatic carbocycles. The second-order valence-electron chi connectivity index (χ2n) is 5.60. The van der Waals surface area contributed by atoms with Gasteiger partial charge < -0.3 is 15.0 Å². The highest BCUT2D eigenvalue weighted by atomic mass is 16.5. The molecule has 22 heavy (non-hydrogen) atoms. The van der Waals surface area contributed by atoms with Crippen molar-refractivity contribution in [1.29, 1.82) is 0 Å². The molecule has 1 heterocycles. The summed E-state index contributed by atoms with van der Waals surface area (Å²) in [5.74, 6) is 0.390. The molecule has 1 aliphatic heterocycles. The number of anilines is 1. The summed E-state index contributed by atoms with van der Waals surface area (Å²) in [5, 5.41) is 2.75. The Bertz CT molecular complexity index is 513. The zero-order chi connectivity index (χ0) is 15.9. The van der Waals surface area contributed by atoms with Crippen LogP contribution in [0.15, 0.2) is 24.3 Å². The minimum atomic E-state index is -0.268. The topological polar surface area (TPSA) is 58.6 Å². The number of carbonyl (C=O) groups is 2. The maximum atomic E-state index is 12.3. The van der Waals surface area contributed by atoms with Gasteiger partial charge in [-0.3, -0.25) is 9.59 Å². The maximum Gasteiger partial charge on any atom is 0.233 e. The van der Waals surface area contributed by atoms with E-state index < -0.39 is 0 Å². The molecule has 0 spiro atoms. The van der Waals surface area contributed by atoms with Gasteiger partial charge in [-0.1, -0.05) is 6.92 Å². The van der Waals surface area contributed by atoms with Gasteiger partial charge in [-0.05, 0) is 49.9 Å². The van der Waals surface area contributed by atoms with Crippen molar-refractivity contribution >= 4 is 17.5 Å². The number of benzene rings is 1. The molecule has 1 aromatic carbocycles. The van der Waals surface area contributed by atoms with Crippen molar-refractivity contribution in [3.63, 3.8) is 0 Å². The maximum absolute atomic E-state index is 12.3. The highest BCUT2D eigenvalue weighted by Crippen LogP contribution is 2.20. The molecule has 1 aliphatic rings. The number of amides is 2. The molecular formula is C17H24N2O3. The Morgan fingerprint density at radius 3 is 2.64 bits per heavy atom. The molecule has 1 N–H and O–H groups in total. The summed E-state index contributed by atoms with van der Waals surface area (Å²) < 4.78 is 5.07. The molecule has 2 amide bonds. The van der Waals surface area contributed by atoms with Crippen molar-refractivity contribution in [3.05, 3.63) is 24.3 Å². The van der Waals surface area contributed by atoms with Crippen molar-refractivity contribution in [3.8, 4) is 5.75 Å². The Labute approximate surface area is 131 Å². The Hall–Kier alpha value is -2.04. The van der Waals surface area contributed by atoms with Crippen molar-refractivity contribution in [1.82, 2.24) is 4.90 Å². The van der Waals surface area contributed by atoms with Gasteiger partial charge in [0.05, 0.1) is 7.11 Å². The number of hydrogen-bond acceptors (Lipinski definition) is 3. The highest BCUT2D eigenvalue weighted by Gasteiger charge is 2.26. The minimum absolute atomic E-state index is 0.0717. The third-order valence-corrected chi connectivity index (χ3v) is 4.10. The van der Waals surface area contributed by atoms with Crippen LogP contribution in [0.2, 0.25) is 0 Å². The van der Waals surface area contributed by atoms with E-state index in [1.165, 1.54) is 6.42 Å². The summed E-state index contributed by atoms with van der Waals surface area (Å²) in [5.41, 5.74) is 0.671. The molecular weight excluding hydrogens is 280 g/mol. The molecule has 0 bridgehead atoms. The predicted octanol–water partition coefficient (Wildman–Crippen LogP) is 2.81. The standard InChI is InChI=1S/C17H24N2O3/c1-3-14-6-4-5-11-19(14)17(21)12-16(20)18-13-7-9-15(22-2)10-8-13/h7-10,14H,3-6,11-12H2,1-2H3,(H,18,20). The van der Waals surface area contributed by atoms with Crippen LogP contribution in [0.25, 0.3) is 0 Å². The molecule has 0 aromatic heterocycles. The Morgan fingerprint density at radius 1 is 1.27 bits per heavy atom. The van der Waals surface area contributed by atoms with Gasteiger partial charge in [-0.2, -0.15) is 0 Å². The van der Waals surface area contributed by atoms with E-state index in [0.29, 0.717) is 5.69 Å². The number of nitrogens with zero attached hydrogens (tertiary/aromatic N) is 1. The fraction of sp³-hybridized carbons (Fsp3) is 0.529. The number of likely N-dealkylation sites (tertiary alicyclic amines) is 1. The lowest BCUT2D eigenvalue weighted by molar-refractivity contribution is -0.137. The number of carbonyl (C=O) groups excluding carboxylic acids is 2. The second-order valence-corrected chi connectivity index (χ2v) is 5.60. The van der Waals surface area contributed by atoms with Gasteiger partial charge in [-0.15, -0.1) is 0 Å². The van der Waals surface area contributed by atoms with Gasteiger partial charge in [0.25, 0.3) is 0 Å². The predicted molar refractivity (Wildman–Crippen MR) is 85.9 cm³/mol. The minimum Gasteiger partial charge on any atom is -0.497 e. The first kappa shape index (κ1) is 16.3. The van der Waals surface area contributed by atoms with Gasteiger partial charge in [-0.25, -0.2) is 0 Å². The molecule has 0 saturated carbocycles. The lowest BCUT2D eigenvalue weighted by Crippen LogP contribution is -2.44. The average molecular weight is 304 g/mol. The third-order valence-electron chi connectivity index (χ3n) is 4.10. The van der Waals surface area contributed by atoms with Gasteiger partial charge in [0, 0.05) is 18.3 Å². The van der Waals surface area contributed by atoms with E-state index in [0.717, 1.165) is 31.6 Å². The van der Waals surface area contributed by atoms with Crippen LogP contribution < -0.4 is 10.1 Å². The van der Waals surface area contributed by atoms with Crippen molar-refractivity contribution in [2.75, 3.05) is 19.0 Å². The summed E-state index contributed by atoms with van der Waals surface area (Å²) in [4.78, 5) is 26.2. The second kappa shape index (κ2) is 7.82. The third kappa shape index (κ3) is 4.23. The van der Waals surface area contributed by atoms with E-state index >= 15 is 0 Å². The number of piperidine rings is 1. The monoisotopic (exact) mass is 304 g/mol. The number of hydrogen-bond donors (Lipinski definition) is 1. The zero-order valence-corrected chi connectivity index (χ0v) is 13.3. The largest absolute Gasteiger partial charge is 0.497 e. The summed E-state index contributed by atoms with van der Waals surface area (Å²) in [6, 6.07) is 7.35.